The first kappa shape index (κ1) is 27.8. The fourth-order valence-corrected chi connectivity index (χ4v) is 5.83. The Morgan fingerprint density at radius 1 is 1.08 bits per heavy atom. The van der Waals surface area contributed by atoms with Crippen LogP contribution in [-0.2, 0) is 23.1 Å². The molecule has 3 fully saturated rings. The molecule has 3 aliphatic carbocycles. The van der Waals surface area contributed by atoms with E-state index in [4.69, 9.17) is 4.74 Å². The molecule has 0 aliphatic heterocycles. The number of rotatable bonds is 6. The molecule has 0 saturated heterocycles. The zero-order chi connectivity index (χ0) is 27.4. The highest BCUT2D eigenvalue weighted by atomic mass is 79.9. The van der Waals surface area contributed by atoms with Crippen LogP contribution in [0.4, 0.5) is 32.6 Å². The SMILES string of the molecule is Cn1nc(C(C)(F)F)cc1C12CCC(CN(C(=O)OC(C)(C)C(F)(F)F)c3cc(Br)ccn3)(CC1)CC2. The molecular weight excluding hydrogens is 563 g/mol. The molecule has 2 aromatic rings. The van der Waals surface area contributed by atoms with Gasteiger partial charge in [0.25, 0.3) is 5.92 Å². The van der Waals surface area contributed by atoms with E-state index >= 15 is 0 Å². The van der Waals surface area contributed by atoms with Gasteiger partial charge in [-0.05, 0) is 76.0 Å². The number of carbonyl (C=O) groups is 1. The Bertz CT molecular complexity index is 1150. The maximum absolute atomic E-state index is 13.9. The third-order valence-electron chi connectivity index (χ3n) is 8.00. The lowest BCUT2D eigenvalue weighted by Crippen LogP contribution is -2.53. The minimum atomic E-state index is -4.75. The smallest absolute Gasteiger partial charge is 0.427 e. The Kier molecular flexibility index (Phi) is 6.91. The van der Waals surface area contributed by atoms with Gasteiger partial charge in [0.2, 0.25) is 5.60 Å². The summed E-state index contributed by atoms with van der Waals surface area (Å²) >= 11 is 3.33. The number of amides is 1. The van der Waals surface area contributed by atoms with Crippen LogP contribution in [0.5, 0.6) is 0 Å². The number of nitrogens with zero attached hydrogens (tertiary/aromatic N) is 4. The van der Waals surface area contributed by atoms with Gasteiger partial charge in [-0.1, -0.05) is 15.9 Å². The first-order valence-corrected chi connectivity index (χ1v) is 12.9. The van der Waals surface area contributed by atoms with Gasteiger partial charge in [-0.2, -0.15) is 27.1 Å². The average molecular weight is 593 g/mol. The van der Waals surface area contributed by atoms with Gasteiger partial charge >= 0.3 is 12.3 Å². The molecule has 12 heteroatoms. The standard InChI is InChI=1S/C25H30BrF5N4O2/c1-21(2,25(29,30)31)37-20(36)35(19-13-16(26)5-12-32-19)15-23-6-9-24(10-7-23,11-8-23)18-14-17(22(3,27)28)33-34(18)4/h5,12-14H,6-11,15H2,1-4H3. The van der Waals surface area contributed by atoms with E-state index in [1.807, 2.05) is 0 Å². The van der Waals surface area contributed by atoms with Crippen molar-refractivity contribution in [1.29, 1.82) is 0 Å². The predicted octanol–water partition coefficient (Wildman–Crippen LogP) is 7.27. The maximum Gasteiger partial charge on any atom is 0.427 e. The Balaban J connectivity index is 1.58. The van der Waals surface area contributed by atoms with Crippen molar-refractivity contribution in [3.63, 3.8) is 0 Å². The minimum Gasteiger partial charge on any atom is -0.433 e. The summed E-state index contributed by atoms with van der Waals surface area (Å²) in [5.74, 6) is -2.85. The van der Waals surface area contributed by atoms with E-state index in [1.54, 1.807) is 23.9 Å². The molecule has 3 saturated carbocycles. The first-order chi connectivity index (χ1) is 17.0. The van der Waals surface area contributed by atoms with Gasteiger partial charge in [-0.3, -0.25) is 9.58 Å². The second kappa shape index (κ2) is 9.20. The number of hydrogen-bond donors (Lipinski definition) is 0. The maximum atomic E-state index is 13.9. The molecule has 3 aliphatic rings. The second-order valence-corrected chi connectivity index (χ2v) is 11.9. The lowest BCUT2D eigenvalue weighted by Gasteiger charge is -2.54. The number of ether oxygens (including phenoxy) is 1. The van der Waals surface area contributed by atoms with Crippen LogP contribution in [0, 0.1) is 5.41 Å². The fraction of sp³-hybridized carbons (Fsp3) is 0.640. The van der Waals surface area contributed by atoms with Gasteiger partial charge in [-0.25, -0.2) is 9.78 Å². The Hall–Kier alpha value is -2.24. The summed E-state index contributed by atoms with van der Waals surface area (Å²) in [6, 6.07) is 4.71. The van der Waals surface area contributed by atoms with Crippen LogP contribution in [0.15, 0.2) is 28.9 Å². The van der Waals surface area contributed by atoms with Crippen LogP contribution in [0.25, 0.3) is 0 Å². The highest BCUT2D eigenvalue weighted by Gasteiger charge is 2.54. The summed E-state index contributed by atoms with van der Waals surface area (Å²) in [6.45, 7) is 2.59. The molecule has 6 nitrogen and oxygen atoms in total. The van der Waals surface area contributed by atoms with Crippen LogP contribution in [0.3, 0.4) is 0 Å². The Labute approximate surface area is 220 Å². The lowest BCUT2D eigenvalue weighted by atomic mass is 9.52. The van der Waals surface area contributed by atoms with E-state index in [2.05, 4.69) is 26.0 Å². The zero-order valence-corrected chi connectivity index (χ0v) is 22.7. The van der Waals surface area contributed by atoms with Gasteiger partial charge in [0.15, 0.2) is 0 Å². The highest BCUT2D eigenvalue weighted by molar-refractivity contribution is 9.10. The molecule has 0 spiro atoms. The largest absolute Gasteiger partial charge is 0.433 e. The number of aryl methyl sites for hydroxylation is 1. The normalized spacial score (nSPS) is 24.3. The van der Waals surface area contributed by atoms with Crippen molar-refractivity contribution in [3.05, 3.63) is 40.3 Å². The van der Waals surface area contributed by atoms with Crippen LogP contribution < -0.4 is 4.90 Å². The Morgan fingerprint density at radius 3 is 2.16 bits per heavy atom. The number of anilines is 1. The summed E-state index contributed by atoms with van der Waals surface area (Å²) < 4.78 is 75.4. The summed E-state index contributed by atoms with van der Waals surface area (Å²) in [7, 11) is 1.68. The number of carbonyl (C=O) groups excluding carboxylic acids is 1. The molecule has 0 radical (unpaired) electrons. The van der Waals surface area contributed by atoms with Crippen molar-refractivity contribution in [2.24, 2.45) is 12.5 Å². The highest BCUT2D eigenvalue weighted by Crippen LogP contribution is 2.58. The minimum absolute atomic E-state index is 0.142. The van der Waals surface area contributed by atoms with Crippen molar-refractivity contribution in [2.75, 3.05) is 11.4 Å². The summed E-state index contributed by atoms with van der Waals surface area (Å²) in [5.41, 5.74) is -2.83. The number of fused-ring (bicyclic) bond motifs is 3. The summed E-state index contributed by atoms with van der Waals surface area (Å²) in [4.78, 5) is 18.6. The van der Waals surface area contributed by atoms with Gasteiger partial charge in [0.1, 0.15) is 11.5 Å². The van der Waals surface area contributed by atoms with Gasteiger partial charge in [0, 0.05) is 42.3 Å². The van der Waals surface area contributed by atoms with E-state index in [1.165, 1.54) is 17.2 Å². The molecule has 204 valence electrons. The van der Waals surface area contributed by atoms with E-state index in [-0.39, 0.29) is 28.9 Å². The van der Waals surface area contributed by atoms with Crippen molar-refractivity contribution < 1.29 is 31.5 Å². The van der Waals surface area contributed by atoms with Crippen molar-refractivity contribution >= 4 is 27.8 Å². The third-order valence-corrected chi connectivity index (χ3v) is 8.49. The lowest BCUT2D eigenvalue weighted by molar-refractivity contribution is -0.243. The van der Waals surface area contributed by atoms with Crippen molar-refractivity contribution in [3.8, 4) is 0 Å². The number of aromatic nitrogens is 3. The molecule has 2 aromatic heterocycles. The van der Waals surface area contributed by atoms with Crippen LogP contribution in [-0.4, -0.2) is 39.2 Å². The van der Waals surface area contributed by atoms with Crippen LogP contribution in [0.1, 0.15) is 70.7 Å². The third kappa shape index (κ3) is 5.35. The summed E-state index contributed by atoms with van der Waals surface area (Å²) in [6.07, 6.45) is -0.278. The molecule has 0 aromatic carbocycles. The second-order valence-electron chi connectivity index (χ2n) is 11.0. The van der Waals surface area contributed by atoms with E-state index in [0.717, 1.165) is 26.5 Å². The monoisotopic (exact) mass is 592 g/mol. The molecule has 37 heavy (non-hydrogen) atoms. The number of pyridine rings is 1. The van der Waals surface area contributed by atoms with E-state index < -0.39 is 23.8 Å². The molecule has 2 heterocycles. The molecule has 5 rings (SSSR count). The number of alkyl halides is 5. The fourth-order valence-electron chi connectivity index (χ4n) is 5.51. The zero-order valence-electron chi connectivity index (χ0n) is 21.1. The molecule has 0 atom stereocenters. The molecule has 0 unspecified atom stereocenters. The van der Waals surface area contributed by atoms with Gasteiger partial charge in [-0.15, -0.1) is 0 Å². The number of hydrogen-bond acceptors (Lipinski definition) is 4. The van der Waals surface area contributed by atoms with Crippen LogP contribution in [0.2, 0.25) is 0 Å². The first-order valence-electron chi connectivity index (χ1n) is 12.1. The predicted molar refractivity (Wildman–Crippen MR) is 130 cm³/mol. The molecule has 1 amide bonds. The van der Waals surface area contributed by atoms with E-state index in [9.17, 15) is 26.7 Å². The molecule has 2 bridgehead atoms. The number of halogens is 6. The Morgan fingerprint density at radius 2 is 1.68 bits per heavy atom. The van der Waals surface area contributed by atoms with Crippen molar-refractivity contribution in [2.45, 2.75) is 82.4 Å². The average Bonchev–Trinajstić information content (AvgIpc) is 3.21. The van der Waals surface area contributed by atoms with E-state index in [0.29, 0.717) is 43.0 Å². The quantitative estimate of drug-likeness (QED) is 0.331. The van der Waals surface area contributed by atoms with Crippen molar-refractivity contribution in [1.82, 2.24) is 14.8 Å². The topological polar surface area (TPSA) is 60.2 Å². The molecular formula is C25H30BrF5N4O2. The van der Waals surface area contributed by atoms with Gasteiger partial charge < -0.3 is 4.74 Å². The summed E-state index contributed by atoms with van der Waals surface area (Å²) in [5, 5.41) is 4.05. The molecule has 0 N–H and O–H groups in total. The van der Waals surface area contributed by atoms with Crippen LogP contribution >= 0.6 is 15.9 Å². The van der Waals surface area contributed by atoms with Gasteiger partial charge in [0.05, 0.1) is 0 Å².